The number of carboxylic acids is 1. The van der Waals surface area contributed by atoms with Gasteiger partial charge in [-0.25, -0.2) is 9.37 Å². The highest BCUT2D eigenvalue weighted by atomic mass is 35.5. The molecule has 10 nitrogen and oxygen atoms in total. The molecule has 1 atom stereocenters. The number of likely N-dealkylation sites (tertiary alicyclic amines) is 1. The number of carbonyl (C=O) groups is 2. The van der Waals surface area contributed by atoms with Crippen molar-refractivity contribution in [2.24, 2.45) is 5.92 Å². The number of rotatable bonds is 12. The summed E-state index contributed by atoms with van der Waals surface area (Å²) in [7, 11) is 1.57. The Morgan fingerprint density at radius 1 is 1.02 bits per heavy atom. The van der Waals surface area contributed by atoms with Crippen molar-refractivity contribution in [3.8, 4) is 28.4 Å². The predicted octanol–water partition coefficient (Wildman–Crippen LogP) is 6.67. The van der Waals surface area contributed by atoms with Crippen molar-refractivity contribution in [1.82, 2.24) is 25.5 Å². The molecule has 0 bridgehead atoms. The highest BCUT2D eigenvalue weighted by molar-refractivity contribution is 6.39. The Kier molecular flexibility index (Phi) is 10.9. The van der Waals surface area contributed by atoms with Gasteiger partial charge in [-0.2, -0.15) is 0 Å². The predicted molar refractivity (Wildman–Crippen MR) is 188 cm³/mol. The number of nitrogens with one attached hydrogen (secondary N) is 3. The largest absolute Gasteiger partial charge is 0.481 e. The van der Waals surface area contributed by atoms with Crippen LogP contribution in [0.25, 0.3) is 22.5 Å². The van der Waals surface area contributed by atoms with E-state index in [4.69, 9.17) is 32.9 Å². The number of piperidine rings is 1. The number of nitrogens with zero attached hydrogens (tertiary/aromatic N) is 3. The van der Waals surface area contributed by atoms with Crippen molar-refractivity contribution in [3.05, 3.63) is 87.8 Å². The topological polar surface area (TPSA) is 129 Å². The van der Waals surface area contributed by atoms with Crippen LogP contribution >= 0.6 is 23.2 Å². The second-order valence-corrected chi connectivity index (χ2v) is 13.0. The average molecular weight is 708 g/mol. The van der Waals surface area contributed by atoms with Crippen LogP contribution in [0.5, 0.6) is 5.88 Å². The smallest absolute Gasteiger partial charge is 0.306 e. The fourth-order valence-electron chi connectivity index (χ4n) is 6.31. The summed E-state index contributed by atoms with van der Waals surface area (Å²) in [5, 5.41) is 19.4. The lowest BCUT2D eigenvalue weighted by molar-refractivity contribution is -0.143. The van der Waals surface area contributed by atoms with Crippen molar-refractivity contribution in [3.63, 3.8) is 0 Å². The summed E-state index contributed by atoms with van der Waals surface area (Å²) in [6.45, 7) is 2.74. The lowest BCUT2D eigenvalue weighted by atomic mass is 9.97. The molecule has 256 valence electrons. The molecule has 13 heteroatoms. The number of pyridine rings is 2. The summed E-state index contributed by atoms with van der Waals surface area (Å²) in [6.07, 6.45) is 4.04. The maximum Gasteiger partial charge on any atom is 0.306 e. The van der Waals surface area contributed by atoms with E-state index in [0.29, 0.717) is 96.7 Å². The Hall–Kier alpha value is -4.29. The van der Waals surface area contributed by atoms with Crippen LogP contribution in [0.4, 0.5) is 15.8 Å². The van der Waals surface area contributed by atoms with Crippen LogP contribution < -0.4 is 20.7 Å². The molecule has 4 heterocycles. The molecule has 2 aliphatic rings. The number of aromatic nitrogens is 2. The van der Waals surface area contributed by atoms with Gasteiger partial charge >= 0.3 is 5.97 Å². The summed E-state index contributed by atoms with van der Waals surface area (Å²) in [5.41, 5.74) is 4.35. The fraction of sp³-hybridized carbons (Fsp3) is 0.333. The van der Waals surface area contributed by atoms with Gasteiger partial charge in [-0.3, -0.25) is 19.5 Å². The Morgan fingerprint density at radius 2 is 1.80 bits per heavy atom. The van der Waals surface area contributed by atoms with Crippen molar-refractivity contribution >= 4 is 46.5 Å². The first-order valence-corrected chi connectivity index (χ1v) is 16.9. The molecule has 0 saturated carbocycles. The monoisotopic (exact) mass is 706 g/mol. The molecular weight excluding hydrogens is 670 g/mol. The molecule has 2 aromatic carbocycles. The highest BCUT2D eigenvalue weighted by Crippen LogP contribution is 2.41. The maximum absolute atomic E-state index is 15.7. The first kappa shape index (κ1) is 34.6. The number of aliphatic carboxylic acids is 1. The number of benzene rings is 2. The molecule has 1 amide bonds. The number of methoxy groups -OCH3 is 1. The Labute approximate surface area is 294 Å². The van der Waals surface area contributed by atoms with Gasteiger partial charge in [0.15, 0.2) is 5.82 Å². The first-order chi connectivity index (χ1) is 23.7. The Bertz CT molecular complexity index is 1850. The number of ether oxygens (including phenoxy) is 1. The molecule has 4 aromatic rings. The van der Waals surface area contributed by atoms with E-state index in [0.717, 1.165) is 12.0 Å². The number of hydrogen-bond acceptors (Lipinski definition) is 8. The molecule has 2 saturated heterocycles. The molecule has 2 aromatic heterocycles. The molecule has 4 N–H and O–H groups in total. The molecule has 0 aliphatic carbocycles. The molecule has 2 aliphatic heterocycles. The molecular formula is C36H37Cl2FN6O4. The van der Waals surface area contributed by atoms with Gasteiger partial charge < -0.3 is 25.8 Å². The van der Waals surface area contributed by atoms with Crippen LogP contribution in [0.1, 0.15) is 36.8 Å². The van der Waals surface area contributed by atoms with E-state index in [1.165, 1.54) is 0 Å². The van der Waals surface area contributed by atoms with Gasteiger partial charge in [0.25, 0.3) is 0 Å². The van der Waals surface area contributed by atoms with E-state index >= 15 is 4.39 Å². The van der Waals surface area contributed by atoms with Crippen LogP contribution in [0.15, 0.2) is 60.8 Å². The lowest BCUT2D eigenvalue weighted by Gasteiger charge is -2.30. The SMILES string of the molecule is COc1nc(-c2cccc(-c3nccc(Nc4cccc(CN5CCC(C(=O)O)CC5)c4F)c3Cl)c2Cl)ccc1CNCC1CCC(=O)N1. The van der Waals surface area contributed by atoms with Gasteiger partial charge in [0.05, 0.1) is 45.8 Å². The second-order valence-electron chi connectivity index (χ2n) is 12.3. The minimum Gasteiger partial charge on any atom is -0.481 e. The Balaban J connectivity index is 1.18. The van der Waals surface area contributed by atoms with Crippen LogP contribution in [0, 0.1) is 11.7 Å². The fourth-order valence-corrected chi connectivity index (χ4v) is 6.88. The van der Waals surface area contributed by atoms with Gasteiger partial charge in [0.1, 0.15) is 0 Å². The van der Waals surface area contributed by atoms with Gasteiger partial charge in [0.2, 0.25) is 11.8 Å². The molecule has 1 unspecified atom stereocenters. The minimum absolute atomic E-state index is 0.0807. The summed E-state index contributed by atoms with van der Waals surface area (Å²) >= 11 is 13.9. The van der Waals surface area contributed by atoms with E-state index in [9.17, 15) is 14.7 Å². The lowest BCUT2D eigenvalue weighted by Crippen LogP contribution is -2.36. The average Bonchev–Trinajstić information content (AvgIpc) is 3.52. The first-order valence-electron chi connectivity index (χ1n) is 16.2. The van der Waals surface area contributed by atoms with Gasteiger partial charge in [-0.15, -0.1) is 0 Å². The van der Waals surface area contributed by atoms with E-state index in [2.05, 4.69) is 25.8 Å². The highest BCUT2D eigenvalue weighted by Gasteiger charge is 2.26. The minimum atomic E-state index is -0.776. The number of anilines is 2. The molecule has 2 fully saturated rings. The van der Waals surface area contributed by atoms with Crippen LogP contribution in [0.2, 0.25) is 10.0 Å². The van der Waals surface area contributed by atoms with E-state index in [1.54, 1.807) is 37.6 Å². The summed E-state index contributed by atoms with van der Waals surface area (Å²) in [5.74, 6) is -0.989. The quantitative estimate of drug-likeness (QED) is 0.128. The third-order valence-electron chi connectivity index (χ3n) is 9.02. The number of carbonyl (C=O) groups excluding carboxylic acids is 1. The second kappa shape index (κ2) is 15.5. The third kappa shape index (κ3) is 7.96. The standard InChI is InChI=1S/C36H37Cl2FN6O4/c1-49-35-22(18-40-19-24-9-11-30(46)42-24)8-10-27(44-35)25-5-3-6-26(31(25)37)34-32(38)28(12-15-41-34)43-29-7-2-4-23(33(29)39)20-45-16-13-21(14-17-45)36(47)48/h2-8,10,12,15,21,24,40H,9,11,13-14,16-20H2,1H3,(H,41,43)(H,42,46)(H,47,48). The van der Waals surface area contributed by atoms with E-state index in [-0.39, 0.29) is 28.6 Å². The summed E-state index contributed by atoms with van der Waals surface area (Å²) in [4.78, 5) is 34.1. The zero-order chi connectivity index (χ0) is 34.5. The maximum atomic E-state index is 15.7. The summed E-state index contributed by atoms with van der Waals surface area (Å²) < 4.78 is 21.3. The van der Waals surface area contributed by atoms with Crippen LogP contribution in [-0.2, 0) is 22.7 Å². The molecule has 0 radical (unpaired) electrons. The normalized spacial score (nSPS) is 16.8. The number of carboxylic acid groups (broad SMARTS) is 1. The third-order valence-corrected chi connectivity index (χ3v) is 9.81. The number of hydrogen-bond donors (Lipinski definition) is 4. The summed E-state index contributed by atoms with van der Waals surface area (Å²) in [6, 6.07) is 16.3. The van der Waals surface area contributed by atoms with Crippen molar-refractivity contribution in [2.45, 2.75) is 44.8 Å². The number of amides is 1. The van der Waals surface area contributed by atoms with Crippen LogP contribution in [-0.4, -0.2) is 64.6 Å². The van der Waals surface area contributed by atoms with Crippen molar-refractivity contribution < 1.29 is 23.8 Å². The zero-order valence-electron chi connectivity index (χ0n) is 26.9. The van der Waals surface area contributed by atoms with E-state index < -0.39 is 11.8 Å². The van der Waals surface area contributed by atoms with Crippen LogP contribution in [0.3, 0.4) is 0 Å². The van der Waals surface area contributed by atoms with Gasteiger partial charge in [-0.05, 0) is 50.6 Å². The molecule has 0 spiro atoms. The van der Waals surface area contributed by atoms with Gasteiger partial charge in [-0.1, -0.05) is 59.6 Å². The zero-order valence-corrected chi connectivity index (χ0v) is 28.5. The van der Waals surface area contributed by atoms with Crippen molar-refractivity contribution in [1.29, 1.82) is 0 Å². The number of halogens is 3. The van der Waals surface area contributed by atoms with Gasteiger partial charge in [0, 0.05) is 60.5 Å². The molecule has 6 rings (SSSR count). The molecule has 49 heavy (non-hydrogen) atoms. The van der Waals surface area contributed by atoms with Crippen molar-refractivity contribution in [2.75, 3.05) is 32.1 Å². The Morgan fingerprint density at radius 3 is 2.53 bits per heavy atom. The van der Waals surface area contributed by atoms with E-state index in [1.807, 2.05) is 30.3 Å².